The van der Waals surface area contributed by atoms with Gasteiger partial charge in [0.1, 0.15) is 0 Å². The number of nitrogens with one attached hydrogen (secondary N) is 1. The van der Waals surface area contributed by atoms with E-state index >= 15 is 0 Å². The van der Waals surface area contributed by atoms with Crippen LogP contribution in [-0.4, -0.2) is 21.6 Å². The van der Waals surface area contributed by atoms with Gasteiger partial charge < -0.3 is 9.88 Å². The van der Waals surface area contributed by atoms with Crippen LogP contribution in [0, 0.1) is 5.92 Å². The van der Waals surface area contributed by atoms with Crippen LogP contribution >= 0.6 is 0 Å². The molecule has 0 aromatic carbocycles. The first-order valence-electron chi connectivity index (χ1n) is 6.26. The van der Waals surface area contributed by atoms with Crippen molar-refractivity contribution in [2.24, 2.45) is 5.92 Å². The number of rotatable bonds is 4. The number of nitrogens with zero attached hydrogens (tertiary/aromatic N) is 2. The predicted molar refractivity (Wildman–Crippen MR) is 66.5 cm³/mol. The molecule has 0 aliphatic heterocycles. The van der Waals surface area contributed by atoms with Gasteiger partial charge in [0.2, 0.25) is 0 Å². The van der Waals surface area contributed by atoms with E-state index in [1.54, 1.807) is 0 Å². The van der Waals surface area contributed by atoms with Crippen molar-refractivity contribution in [3.8, 4) is 0 Å². The largest absolute Gasteiger partial charge is 0.335 e. The van der Waals surface area contributed by atoms with E-state index in [0.717, 1.165) is 24.9 Å². The molecular weight excluding hydrogens is 198 g/mol. The Hall–Kier alpha value is -0.830. The van der Waals surface area contributed by atoms with Gasteiger partial charge in [0, 0.05) is 29.9 Å². The van der Waals surface area contributed by atoms with Crippen molar-refractivity contribution >= 4 is 0 Å². The van der Waals surface area contributed by atoms with E-state index < -0.39 is 0 Å². The first-order valence-corrected chi connectivity index (χ1v) is 6.26. The van der Waals surface area contributed by atoms with Crippen molar-refractivity contribution in [2.45, 2.75) is 52.1 Å². The highest BCUT2D eigenvalue weighted by Gasteiger charge is 2.40. The van der Waals surface area contributed by atoms with Gasteiger partial charge in [-0.3, -0.25) is 0 Å². The molecule has 2 atom stereocenters. The molecule has 0 amide bonds. The van der Waals surface area contributed by atoms with Gasteiger partial charge in [-0.2, -0.15) is 0 Å². The van der Waals surface area contributed by atoms with E-state index in [0.29, 0.717) is 0 Å². The Labute approximate surface area is 98.3 Å². The summed E-state index contributed by atoms with van der Waals surface area (Å²) in [5.74, 6) is 1.54. The van der Waals surface area contributed by atoms with Crippen LogP contribution in [0.25, 0.3) is 0 Å². The van der Waals surface area contributed by atoms with Crippen LogP contribution in [0.5, 0.6) is 0 Å². The molecule has 1 aliphatic rings. The maximum absolute atomic E-state index is 4.24. The molecule has 1 aromatic rings. The second-order valence-electron chi connectivity index (χ2n) is 5.84. The zero-order valence-electron chi connectivity index (χ0n) is 10.8. The zero-order chi connectivity index (χ0) is 11.8. The van der Waals surface area contributed by atoms with Gasteiger partial charge in [-0.25, -0.2) is 4.98 Å². The lowest BCUT2D eigenvalue weighted by Crippen LogP contribution is -2.37. The van der Waals surface area contributed by atoms with Crippen LogP contribution in [0.1, 0.15) is 45.7 Å². The van der Waals surface area contributed by atoms with Gasteiger partial charge >= 0.3 is 0 Å². The standard InChI is InChI=1S/C13H23N3/c1-5-16-9-14-8-12(16)11-6-10(11)7-15-13(2,3)4/h8-11,15H,5-7H2,1-4H3. The molecule has 1 aliphatic carbocycles. The zero-order valence-corrected chi connectivity index (χ0v) is 10.8. The quantitative estimate of drug-likeness (QED) is 0.846. The molecule has 0 saturated heterocycles. The van der Waals surface area contributed by atoms with Gasteiger partial charge in [0.25, 0.3) is 0 Å². The number of hydrogen-bond acceptors (Lipinski definition) is 2. The minimum Gasteiger partial charge on any atom is -0.335 e. The lowest BCUT2D eigenvalue weighted by molar-refractivity contribution is 0.413. The number of hydrogen-bond donors (Lipinski definition) is 1. The summed E-state index contributed by atoms with van der Waals surface area (Å²) in [4.78, 5) is 4.24. The van der Waals surface area contributed by atoms with Crippen molar-refractivity contribution < 1.29 is 0 Å². The highest BCUT2D eigenvalue weighted by molar-refractivity contribution is 5.17. The first-order chi connectivity index (χ1) is 7.51. The SMILES string of the molecule is CCn1cncc1C1CC1CNC(C)(C)C. The summed E-state index contributed by atoms with van der Waals surface area (Å²) in [6.07, 6.45) is 5.29. The smallest absolute Gasteiger partial charge is 0.0948 e. The molecule has 3 nitrogen and oxygen atoms in total. The molecular formula is C13H23N3. The van der Waals surface area contributed by atoms with Crippen LogP contribution in [0.2, 0.25) is 0 Å². The third-order valence-electron chi connectivity index (χ3n) is 3.28. The van der Waals surface area contributed by atoms with Crippen LogP contribution in [0.4, 0.5) is 0 Å². The van der Waals surface area contributed by atoms with Crippen molar-refractivity contribution in [1.29, 1.82) is 0 Å². The van der Waals surface area contributed by atoms with Crippen LogP contribution < -0.4 is 5.32 Å². The van der Waals surface area contributed by atoms with E-state index in [2.05, 4.69) is 42.6 Å². The van der Waals surface area contributed by atoms with E-state index in [1.807, 2.05) is 12.5 Å². The average Bonchev–Trinajstić information content (AvgIpc) is 2.82. The fraction of sp³-hybridized carbons (Fsp3) is 0.769. The maximum Gasteiger partial charge on any atom is 0.0948 e. The van der Waals surface area contributed by atoms with Crippen LogP contribution in [-0.2, 0) is 6.54 Å². The molecule has 16 heavy (non-hydrogen) atoms. The van der Waals surface area contributed by atoms with Crippen molar-refractivity contribution in [2.75, 3.05) is 6.54 Å². The lowest BCUT2D eigenvalue weighted by atomic mass is 10.1. The van der Waals surface area contributed by atoms with Gasteiger partial charge in [0.15, 0.2) is 0 Å². The Morgan fingerprint density at radius 3 is 2.88 bits per heavy atom. The highest BCUT2D eigenvalue weighted by atomic mass is 15.1. The minimum atomic E-state index is 0.234. The predicted octanol–water partition coefficient (Wildman–Crippen LogP) is 2.39. The minimum absolute atomic E-state index is 0.234. The lowest BCUT2D eigenvalue weighted by Gasteiger charge is -2.20. The van der Waals surface area contributed by atoms with E-state index in [9.17, 15) is 0 Å². The summed E-state index contributed by atoms with van der Waals surface area (Å²) in [5, 5.41) is 3.58. The summed E-state index contributed by atoms with van der Waals surface area (Å²) in [7, 11) is 0. The number of aromatic nitrogens is 2. The molecule has 1 saturated carbocycles. The number of imidazole rings is 1. The summed E-state index contributed by atoms with van der Waals surface area (Å²) >= 11 is 0. The Bertz CT molecular complexity index is 348. The molecule has 1 heterocycles. The second-order valence-corrected chi connectivity index (χ2v) is 5.84. The fourth-order valence-electron chi connectivity index (χ4n) is 2.18. The number of aryl methyl sites for hydroxylation is 1. The van der Waals surface area contributed by atoms with Crippen molar-refractivity contribution in [3.63, 3.8) is 0 Å². The van der Waals surface area contributed by atoms with E-state index in [1.165, 1.54) is 12.1 Å². The molecule has 2 rings (SSSR count). The van der Waals surface area contributed by atoms with Crippen molar-refractivity contribution in [3.05, 3.63) is 18.2 Å². The molecule has 90 valence electrons. The van der Waals surface area contributed by atoms with Crippen LogP contribution in [0.15, 0.2) is 12.5 Å². The summed E-state index contributed by atoms with van der Waals surface area (Å²) < 4.78 is 2.27. The molecule has 1 aromatic heterocycles. The van der Waals surface area contributed by atoms with Crippen molar-refractivity contribution in [1.82, 2.24) is 14.9 Å². The van der Waals surface area contributed by atoms with Crippen LogP contribution in [0.3, 0.4) is 0 Å². The average molecular weight is 221 g/mol. The molecule has 0 radical (unpaired) electrons. The summed E-state index contributed by atoms with van der Waals surface area (Å²) in [6, 6.07) is 0. The van der Waals surface area contributed by atoms with E-state index in [4.69, 9.17) is 0 Å². The topological polar surface area (TPSA) is 29.9 Å². The Morgan fingerprint density at radius 2 is 2.25 bits per heavy atom. The molecule has 3 heteroatoms. The molecule has 2 unspecified atom stereocenters. The molecule has 0 spiro atoms. The normalized spacial score (nSPS) is 24.8. The van der Waals surface area contributed by atoms with Gasteiger partial charge in [0.05, 0.1) is 6.33 Å². The first kappa shape index (κ1) is 11.6. The van der Waals surface area contributed by atoms with Gasteiger partial charge in [-0.05, 0) is 46.6 Å². The maximum atomic E-state index is 4.24. The second kappa shape index (κ2) is 4.21. The van der Waals surface area contributed by atoms with Gasteiger partial charge in [-0.1, -0.05) is 0 Å². The molecule has 1 fully saturated rings. The summed E-state index contributed by atoms with van der Waals surface area (Å²) in [5.41, 5.74) is 1.65. The Balaban J connectivity index is 1.87. The highest BCUT2D eigenvalue weighted by Crippen LogP contribution is 2.46. The summed E-state index contributed by atoms with van der Waals surface area (Å²) in [6.45, 7) is 11.0. The van der Waals surface area contributed by atoms with Gasteiger partial charge in [-0.15, -0.1) is 0 Å². The third-order valence-corrected chi connectivity index (χ3v) is 3.28. The molecule has 0 bridgehead atoms. The Morgan fingerprint density at radius 1 is 1.50 bits per heavy atom. The Kier molecular flexibility index (Phi) is 3.06. The fourth-order valence-corrected chi connectivity index (χ4v) is 2.18. The van der Waals surface area contributed by atoms with E-state index in [-0.39, 0.29) is 5.54 Å². The monoisotopic (exact) mass is 221 g/mol. The third kappa shape index (κ3) is 2.64. The molecule has 1 N–H and O–H groups in total.